The first-order valence-corrected chi connectivity index (χ1v) is 15.3. The largest absolute Gasteiger partial charge is 0.446 e. The minimum absolute atomic E-state index is 0.195. The Bertz CT molecular complexity index is 1410. The molecular weight excluding hydrogens is 520 g/mol. The van der Waals surface area contributed by atoms with Crippen molar-refractivity contribution in [1.29, 1.82) is 0 Å². The van der Waals surface area contributed by atoms with E-state index < -0.39 is 16.7 Å². The molecule has 2 saturated carbocycles. The number of carbonyl (C=O) groups excluding carboxylic acids is 1. The third kappa shape index (κ3) is 4.09. The van der Waals surface area contributed by atoms with E-state index in [0.717, 1.165) is 66.7 Å². The van der Waals surface area contributed by atoms with Gasteiger partial charge in [0.15, 0.2) is 11.5 Å². The summed E-state index contributed by atoms with van der Waals surface area (Å²) in [6.45, 7) is 2.11. The van der Waals surface area contributed by atoms with E-state index in [1.165, 1.54) is 0 Å². The van der Waals surface area contributed by atoms with E-state index in [9.17, 15) is 4.79 Å². The predicted octanol–water partition coefficient (Wildman–Crippen LogP) is 7.60. The van der Waals surface area contributed by atoms with Crippen molar-refractivity contribution in [1.82, 2.24) is 10.6 Å². The van der Waals surface area contributed by atoms with E-state index in [1.807, 2.05) is 42.5 Å². The Morgan fingerprint density at radius 1 is 0.714 bits per heavy atom. The molecule has 1 spiro atoms. The molecule has 0 radical (unpaired) electrons. The van der Waals surface area contributed by atoms with Crippen LogP contribution in [0.5, 0.6) is 11.5 Å². The second-order valence-corrected chi connectivity index (χ2v) is 12.1. The molecule has 7 rings (SSSR count). The average molecular weight is 559 g/mol. The molecule has 0 aromatic heterocycles. The highest BCUT2D eigenvalue weighted by atomic mass is 16.7. The maximum atomic E-state index is 14.2. The topological polar surface area (TPSA) is 59.6 Å². The van der Waals surface area contributed by atoms with E-state index in [0.29, 0.717) is 0 Å². The number of amides is 2. The molecule has 5 heteroatoms. The second-order valence-electron chi connectivity index (χ2n) is 12.1. The number of carbonyl (C=O) groups is 1. The van der Waals surface area contributed by atoms with Crippen molar-refractivity contribution >= 4 is 6.03 Å². The molecule has 2 N–H and O–H groups in total. The summed E-state index contributed by atoms with van der Waals surface area (Å²) in [5.74, 6) is 0.871. The summed E-state index contributed by atoms with van der Waals surface area (Å²) in [5.41, 5.74) is 2.13. The van der Waals surface area contributed by atoms with E-state index >= 15 is 0 Å². The van der Waals surface area contributed by atoms with Gasteiger partial charge in [0, 0.05) is 12.0 Å². The Balaban J connectivity index is 1.26. The number of fused-ring (bicyclic) bond motifs is 1. The number of para-hydroxylation sites is 2. The minimum Gasteiger partial charge on any atom is -0.446 e. The third-order valence-electron chi connectivity index (χ3n) is 9.93. The molecule has 4 aromatic rings. The van der Waals surface area contributed by atoms with Crippen LogP contribution in [-0.4, -0.2) is 23.4 Å². The lowest BCUT2D eigenvalue weighted by molar-refractivity contribution is -0.222. The first-order chi connectivity index (χ1) is 20.6. The van der Waals surface area contributed by atoms with Crippen molar-refractivity contribution in [3.05, 3.63) is 132 Å². The Morgan fingerprint density at radius 2 is 1.14 bits per heavy atom. The van der Waals surface area contributed by atoms with E-state index in [1.54, 1.807) is 0 Å². The molecule has 4 aromatic carbocycles. The molecule has 2 aliphatic carbocycles. The van der Waals surface area contributed by atoms with Crippen LogP contribution in [0.2, 0.25) is 0 Å². The quantitative estimate of drug-likeness (QED) is 0.240. The fourth-order valence-corrected chi connectivity index (χ4v) is 8.14. The third-order valence-corrected chi connectivity index (χ3v) is 9.93. The minimum atomic E-state index is -0.886. The average Bonchev–Trinajstić information content (AvgIpc) is 3.40. The molecule has 214 valence electrons. The predicted molar refractivity (Wildman–Crippen MR) is 165 cm³/mol. The fourth-order valence-electron chi connectivity index (χ4n) is 8.14. The first-order valence-electron chi connectivity index (χ1n) is 15.3. The van der Waals surface area contributed by atoms with Crippen LogP contribution in [0.1, 0.15) is 62.1 Å². The summed E-state index contributed by atoms with van der Waals surface area (Å²) in [4.78, 5) is 14.2. The van der Waals surface area contributed by atoms with Crippen LogP contribution in [0.15, 0.2) is 115 Å². The number of urea groups is 1. The van der Waals surface area contributed by atoms with Gasteiger partial charge in [0.25, 0.3) is 5.79 Å². The zero-order valence-corrected chi connectivity index (χ0v) is 24.1. The highest BCUT2D eigenvalue weighted by molar-refractivity contribution is 5.76. The lowest BCUT2D eigenvalue weighted by Gasteiger charge is -2.56. The smallest absolute Gasteiger partial charge is 0.315 e. The summed E-state index contributed by atoms with van der Waals surface area (Å²) in [7, 11) is 0. The fraction of sp³-hybridized carbons (Fsp3) is 0.324. The van der Waals surface area contributed by atoms with Crippen molar-refractivity contribution in [3.8, 4) is 11.5 Å². The van der Waals surface area contributed by atoms with Gasteiger partial charge in [0.05, 0.1) is 5.41 Å². The Hall–Kier alpha value is -4.25. The Labute approximate surface area is 248 Å². The second kappa shape index (κ2) is 10.5. The molecule has 1 aliphatic heterocycles. The summed E-state index contributed by atoms with van der Waals surface area (Å²) in [5, 5.41) is 6.92. The number of hydrogen-bond donors (Lipinski definition) is 2. The highest BCUT2D eigenvalue weighted by Gasteiger charge is 2.67. The normalized spacial score (nSPS) is 22.7. The number of ether oxygens (including phenoxy) is 2. The Morgan fingerprint density at radius 3 is 1.60 bits per heavy atom. The van der Waals surface area contributed by atoms with Crippen LogP contribution < -0.4 is 20.1 Å². The van der Waals surface area contributed by atoms with E-state index in [4.69, 9.17) is 9.47 Å². The molecule has 2 bridgehead atoms. The van der Waals surface area contributed by atoms with Crippen molar-refractivity contribution in [2.45, 2.75) is 68.2 Å². The molecular formula is C37H38N2O3. The molecule has 1 atom stereocenters. The van der Waals surface area contributed by atoms with Crippen LogP contribution in [-0.2, 0) is 5.41 Å². The van der Waals surface area contributed by atoms with E-state index in [2.05, 4.69) is 90.4 Å². The van der Waals surface area contributed by atoms with Gasteiger partial charge in [0.1, 0.15) is 5.54 Å². The highest BCUT2D eigenvalue weighted by Crippen LogP contribution is 2.57. The monoisotopic (exact) mass is 558 g/mol. The zero-order valence-electron chi connectivity index (χ0n) is 24.1. The van der Waals surface area contributed by atoms with Gasteiger partial charge in [-0.3, -0.25) is 0 Å². The molecule has 42 heavy (non-hydrogen) atoms. The van der Waals surface area contributed by atoms with Gasteiger partial charge in [0.2, 0.25) is 0 Å². The van der Waals surface area contributed by atoms with Crippen LogP contribution in [0.25, 0.3) is 0 Å². The van der Waals surface area contributed by atoms with E-state index in [-0.39, 0.29) is 18.0 Å². The standard InChI is InChI=1S/C37H38N2O3/c1-27(36(28-15-5-2-6-16-28,29-17-7-3-8-18-29)30-19-9-4-10-20-30)38-34(40)39-35-25-13-21-31(22-14-26-35)37(35)41-32-23-11-12-24-33(32)42-37/h2-12,15-20,23-24,27,31H,13-14,21-22,25-26H2,1H3,(H2,38,39,40). The van der Waals surface area contributed by atoms with Crippen molar-refractivity contribution in [3.63, 3.8) is 0 Å². The number of benzene rings is 4. The maximum Gasteiger partial charge on any atom is 0.315 e. The summed E-state index contributed by atoms with van der Waals surface area (Å²) in [6.07, 6.45) is 5.78. The van der Waals surface area contributed by atoms with Crippen molar-refractivity contribution in [2.75, 3.05) is 0 Å². The van der Waals surface area contributed by atoms with Crippen LogP contribution in [0.4, 0.5) is 4.79 Å². The molecule has 3 aliphatic rings. The van der Waals surface area contributed by atoms with Crippen molar-refractivity contribution < 1.29 is 14.3 Å². The van der Waals surface area contributed by atoms with Crippen LogP contribution >= 0.6 is 0 Å². The maximum absolute atomic E-state index is 14.2. The van der Waals surface area contributed by atoms with Gasteiger partial charge >= 0.3 is 6.03 Å². The van der Waals surface area contributed by atoms with Gasteiger partial charge < -0.3 is 20.1 Å². The van der Waals surface area contributed by atoms with Crippen molar-refractivity contribution in [2.24, 2.45) is 5.92 Å². The van der Waals surface area contributed by atoms with Gasteiger partial charge in [-0.2, -0.15) is 0 Å². The molecule has 2 amide bonds. The first kappa shape index (κ1) is 26.6. The lowest BCUT2D eigenvalue weighted by Crippen LogP contribution is -2.75. The molecule has 0 saturated heterocycles. The van der Waals surface area contributed by atoms with Crippen LogP contribution in [0.3, 0.4) is 0 Å². The van der Waals surface area contributed by atoms with Gasteiger partial charge in [-0.25, -0.2) is 4.79 Å². The number of rotatable bonds is 6. The zero-order chi connectivity index (χ0) is 28.6. The molecule has 2 fully saturated rings. The van der Waals surface area contributed by atoms with Crippen LogP contribution in [0, 0.1) is 5.92 Å². The summed E-state index contributed by atoms with van der Waals surface area (Å²) >= 11 is 0. The molecule has 5 nitrogen and oxygen atoms in total. The lowest BCUT2D eigenvalue weighted by atomic mass is 9.62. The van der Waals surface area contributed by atoms with Gasteiger partial charge in [-0.1, -0.05) is 116 Å². The summed E-state index contributed by atoms with van der Waals surface area (Å²) < 4.78 is 13.4. The van der Waals surface area contributed by atoms with Gasteiger partial charge in [-0.15, -0.1) is 0 Å². The van der Waals surface area contributed by atoms with Gasteiger partial charge in [-0.05, 0) is 61.4 Å². The Kier molecular flexibility index (Phi) is 6.69. The number of hydrogen-bond acceptors (Lipinski definition) is 3. The molecule has 1 unspecified atom stereocenters. The molecule has 1 heterocycles. The summed E-state index contributed by atoms with van der Waals surface area (Å²) in [6, 6.07) is 38.9. The SMILES string of the molecule is CC(NC(=O)NC12CCCC(CCC1)C21Oc2ccccc2O1)C(c1ccccc1)(c1ccccc1)c1ccccc1. The number of nitrogens with one attached hydrogen (secondary N) is 2.